The van der Waals surface area contributed by atoms with Crippen molar-refractivity contribution in [2.24, 2.45) is 5.92 Å². The van der Waals surface area contributed by atoms with Gasteiger partial charge in [-0.2, -0.15) is 10.2 Å². The first kappa shape index (κ1) is 16.2. The third-order valence-electron chi connectivity index (χ3n) is 5.01. The minimum absolute atomic E-state index is 0.0278. The summed E-state index contributed by atoms with van der Waals surface area (Å²) in [5.74, 6) is 1.99. The van der Waals surface area contributed by atoms with Gasteiger partial charge in [0.2, 0.25) is 0 Å². The van der Waals surface area contributed by atoms with E-state index in [1.807, 2.05) is 6.07 Å². The normalized spacial score (nSPS) is 18.3. The molecule has 6 heteroatoms. The Bertz CT molecular complexity index is 811. The second kappa shape index (κ2) is 5.93. The lowest BCUT2D eigenvalue weighted by molar-refractivity contribution is 0.327. The molecule has 6 nitrogen and oxygen atoms in total. The fourth-order valence-electron chi connectivity index (χ4n) is 3.20. The predicted octanol–water partition coefficient (Wildman–Crippen LogP) is 2.34. The van der Waals surface area contributed by atoms with Gasteiger partial charge in [0.25, 0.3) is 5.56 Å². The van der Waals surface area contributed by atoms with Crippen LogP contribution in [0.1, 0.15) is 50.9 Å². The van der Waals surface area contributed by atoms with Gasteiger partial charge in [0.1, 0.15) is 0 Å². The van der Waals surface area contributed by atoms with Crippen molar-refractivity contribution in [3.63, 3.8) is 0 Å². The Hall–Kier alpha value is -2.24. The topological polar surface area (TPSA) is 63.9 Å². The minimum Gasteiger partial charge on any atom is -0.354 e. The molecule has 0 atom stereocenters. The Balaban J connectivity index is 1.39. The van der Waals surface area contributed by atoms with Crippen molar-refractivity contribution in [2.75, 3.05) is 18.0 Å². The maximum Gasteiger partial charge on any atom is 0.266 e. The SMILES string of the molecule is CC(C)(C)c1ccc(=O)n(CC2CN(c3ccc(C4CC4)nn3)C2)n1. The summed E-state index contributed by atoms with van der Waals surface area (Å²) < 4.78 is 1.62. The number of rotatable bonds is 4. The van der Waals surface area contributed by atoms with Gasteiger partial charge in [-0.3, -0.25) is 4.79 Å². The fraction of sp³-hybridized carbons (Fsp3) is 0.579. The average Bonchev–Trinajstić information content (AvgIpc) is 3.36. The molecule has 0 amide bonds. The number of hydrogen-bond acceptors (Lipinski definition) is 5. The summed E-state index contributed by atoms with van der Waals surface area (Å²) in [6, 6.07) is 7.64. The minimum atomic E-state index is -0.0556. The van der Waals surface area contributed by atoms with Gasteiger partial charge in [-0.25, -0.2) is 4.68 Å². The highest BCUT2D eigenvalue weighted by molar-refractivity contribution is 5.41. The van der Waals surface area contributed by atoms with E-state index in [-0.39, 0.29) is 11.0 Å². The van der Waals surface area contributed by atoms with E-state index in [9.17, 15) is 4.79 Å². The molecule has 25 heavy (non-hydrogen) atoms. The summed E-state index contributed by atoms with van der Waals surface area (Å²) in [5.41, 5.74) is 1.99. The second-order valence-corrected chi connectivity index (χ2v) is 8.35. The van der Waals surface area contributed by atoms with E-state index >= 15 is 0 Å². The van der Waals surface area contributed by atoms with Crippen LogP contribution in [-0.4, -0.2) is 33.1 Å². The molecule has 1 aliphatic heterocycles. The lowest BCUT2D eigenvalue weighted by Gasteiger charge is -2.39. The largest absolute Gasteiger partial charge is 0.354 e. The van der Waals surface area contributed by atoms with E-state index in [0.29, 0.717) is 18.4 Å². The van der Waals surface area contributed by atoms with Crippen LogP contribution in [0.2, 0.25) is 0 Å². The van der Waals surface area contributed by atoms with Gasteiger partial charge in [0, 0.05) is 36.4 Å². The quantitative estimate of drug-likeness (QED) is 0.855. The van der Waals surface area contributed by atoms with Gasteiger partial charge >= 0.3 is 0 Å². The van der Waals surface area contributed by atoms with Crippen LogP contribution in [0.15, 0.2) is 29.1 Å². The van der Waals surface area contributed by atoms with E-state index in [0.717, 1.165) is 30.3 Å². The number of aromatic nitrogens is 4. The van der Waals surface area contributed by atoms with Crippen molar-refractivity contribution >= 4 is 5.82 Å². The highest BCUT2D eigenvalue weighted by Crippen LogP contribution is 2.39. The first-order chi connectivity index (χ1) is 11.9. The van der Waals surface area contributed by atoms with Gasteiger partial charge in [-0.1, -0.05) is 20.8 Å². The first-order valence-electron chi connectivity index (χ1n) is 9.07. The number of nitrogens with zero attached hydrogens (tertiary/aromatic N) is 5. The van der Waals surface area contributed by atoms with E-state index in [2.05, 4.69) is 53.1 Å². The Kier molecular flexibility index (Phi) is 3.85. The van der Waals surface area contributed by atoms with Crippen LogP contribution in [0.3, 0.4) is 0 Å². The molecule has 2 aliphatic rings. The molecule has 0 spiro atoms. The summed E-state index contributed by atoms with van der Waals surface area (Å²) in [5, 5.41) is 13.3. The Morgan fingerprint density at radius 2 is 1.84 bits per heavy atom. The molecule has 0 N–H and O–H groups in total. The third kappa shape index (κ3) is 3.43. The standard InChI is InChI=1S/C19H25N5O/c1-19(2,3)16-7-9-18(25)24(22-16)12-13-10-23(11-13)17-8-6-15(20-21-17)14-4-5-14/h6-9,13-14H,4-5,10-12H2,1-3H3. The predicted molar refractivity (Wildman–Crippen MR) is 96.9 cm³/mol. The molecule has 0 unspecified atom stereocenters. The van der Waals surface area contributed by atoms with E-state index in [1.54, 1.807) is 10.7 Å². The summed E-state index contributed by atoms with van der Waals surface area (Å²) in [6.45, 7) is 8.78. The molecular weight excluding hydrogens is 314 g/mol. The maximum absolute atomic E-state index is 12.1. The first-order valence-corrected chi connectivity index (χ1v) is 9.07. The van der Waals surface area contributed by atoms with E-state index in [1.165, 1.54) is 12.8 Å². The Morgan fingerprint density at radius 1 is 1.08 bits per heavy atom. The van der Waals surface area contributed by atoms with Crippen LogP contribution in [0, 0.1) is 5.92 Å². The highest BCUT2D eigenvalue weighted by Gasteiger charge is 2.30. The summed E-state index contributed by atoms with van der Waals surface area (Å²) >= 11 is 0. The molecule has 2 aromatic heterocycles. The summed E-state index contributed by atoms with van der Waals surface area (Å²) in [4.78, 5) is 14.3. The van der Waals surface area contributed by atoms with Crippen molar-refractivity contribution in [3.8, 4) is 0 Å². The number of hydrogen-bond donors (Lipinski definition) is 0. The maximum atomic E-state index is 12.1. The zero-order valence-corrected chi connectivity index (χ0v) is 15.1. The monoisotopic (exact) mass is 339 g/mol. The lowest BCUT2D eigenvalue weighted by Crippen LogP contribution is -2.50. The van der Waals surface area contributed by atoms with Crippen LogP contribution in [-0.2, 0) is 12.0 Å². The molecule has 0 bridgehead atoms. The molecule has 1 aliphatic carbocycles. The van der Waals surface area contributed by atoms with Crippen molar-refractivity contribution < 1.29 is 0 Å². The molecule has 1 saturated carbocycles. The molecule has 132 valence electrons. The van der Waals surface area contributed by atoms with Gasteiger partial charge in [0.15, 0.2) is 5.82 Å². The second-order valence-electron chi connectivity index (χ2n) is 8.35. The fourth-order valence-corrected chi connectivity index (χ4v) is 3.20. The van der Waals surface area contributed by atoms with Crippen LogP contribution < -0.4 is 10.5 Å². The molecular formula is C19H25N5O. The zero-order chi connectivity index (χ0) is 17.6. The molecule has 4 rings (SSSR count). The van der Waals surface area contributed by atoms with Crippen LogP contribution >= 0.6 is 0 Å². The molecule has 2 fully saturated rings. The average molecular weight is 339 g/mol. The van der Waals surface area contributed by atoms with Gasteiger partial charge in [0.05, 0.1) is 17.9 Å². The van der Waals surface area contributed by atoms with Crippen molar-refractivity contribution in [3.05, 3.63) is 46.0 Å². The lowest BCUT2D eigenvalue weighted by atomic mass is 9.92. The smallest absolute Gasteiger partial charge is 0.266 e. The third-order valence-corrected chi connectivity index (χ3v) is 5.01. The van der Waals surface area contributed by atoms with Crippen LogP contribution in [0.25, 0.3) is 0 Å². The van der Waals surface area contributed by atoms with Gasteiger partial charge < -0.3 is 4.90 Å². The van der Waals surface area contributed by atoms with Crippen molar-refractivity contribution in [1.29, 1.82) is 0 Å². The van der Waals surface area contributed by atoms with E-state index < -0.39 is 0 Å². The Labute approximate surface area is 147 Å². The van der Waals surface area contributed by atoms with Gasteiger partial charge in [-0.05, 0) is 31.0 Å². The van der Waals surface area contributed by atoms with Crippen LogP contribution in [0.5, 0.6) is 0 Å². The highest BCUT2D eigenvalue weighted by atomic mass is 16.1. The summed E-state index contributed by atoms with van der Waals surface area (Å²) in [6.07, 6.45) is 2.49. The molecule has 0 radical (unpaired) electrons. The molecule has 3 heterocycles. The Morgan fingerprint density at radius 3 is 2.44 bits per heavy atom. The molecule has 0 aromatic carbocycles. The summed E-state index contributed by atoms with van der Waals surface area (Å²) in [7, 11) is 0. The zero-order valence-electron chi connectivity index (χ0n) is 15.1. The van der Waals surface area contributed by atoms with Crippen LogP contribution in [0.4, 0.5) is 5.82 Å². The van der Waals surface area contributed by atoms with Gasteiger partial charge in [-0.15, -0.1) is 5.10 Å². The molecule has 1 saturated heterocycles. The number of anilines is 1. The van der Waals surface area contributed by atoms with Crippen molar-refractivity contribution in [2.45, 2.75) is 51.5 Å². The van der Waals surface area contributed by atoms with Crippen molar-refractivity contribution in [1.82, 2.24) is 20.0 Å². The van der Waals surface area contributed by atoms with E-state index in [4.69, 9.17) is 0 Å². The molecule has 2 aromatic rings.